The number of hydrogen-bond acceptors (Lipinski definition) is 4. The molecule has 54 heavy (non-hydrogen) atoms. The topological polar surface area (TPSA) is 51.8 Å². The molecule has 0 bridgehead atoms. The second kappa shape index (κ2) is 16.6. The number of fused-ring (bicyclic) bond motifs is 3. The van der Waals surface area contributed by atoms with Gasteiger partial charge in [0.15, 0.2) is 0 Å². The summed E-state index contributed by atoms with van der Waals surface area (Å²) in [7, 11) is -1.34. The van der Waals surface area contributed by atoms with Crippen LogP contribution in [0.15, 0.2) is 108 Å². The number of furan rings is 1. The molecule has 0 amide bonds. The van der Waals surface area contributed by atoms with Gasteiger partial charge in [0, 0.05) is 37.9 Å². The Labute approximate surface area is 335 Å². The van der Waals surface area contributed by atoms with Gasteiger partial charge in [-0.1, -0.05) is 124 Å². The minimum absolute atomic E-state index is 0. The largest absolute Gasteiger partial charge is 0.483 e. The van der Waals surface area contributed by atoms with E-state index in [1.165, 1.54) is 68.1 Å². The van der Waals surface area contributed by atoms with Crippen molar-refractivity contribution in [2.45, 2.75) is 90.3 Å². The van der Waals surface area contributed by atoms with E-state index in [1.807, 2.05) is 30.3 Å². The van der Waals surface area contributed by atoms with Gasteiger partial charge in [-0.05, 0) is 88.9 Å². The summed E-state index contributed by atoms with van der Waals surface area (Å²) in [5.41, 5.74) is 12.0. The van der Waals surface area contributed by atoms with Gasteiger partial charge in [-0.3, -0.25) is 0 Å². The van der Waals surface area contributed by atoms with E-state index in [-0.39, 0.29) is 20.1 Å². The van der Waals surface area contributed by atoms with Crippen LogP contribution in [-0.4, -0.2) is 23.0 Å². The van der Waals surface area contributed by atoms with Crippen molar-refractivity contribution in [3.8, 4) is 33.6 Å². The van der Waals surface area contributed by atoms with Gasteiger partial charge >= 0.3 is 0 Å². The fourth-order valence-electron chi connectivity index (χ4n) is 8.50. The molecule has 0 N–H and O–H groups in total. The average molecular weight is 904 g/mol. The quantitative estimate of drug-likeness (QED) is 0.118. The Morgan fingerprint density at radius 2 is 1.48 bits per heavy atom. The van der Waals surface area contributed by atoms with Gasteiger partial charge in [0.05, 0.1) is 8.07 Å². The summed E-state index contributed by atoms with van der Waals surface area (Å²) in [6, 6.07) is 34.7. The molecule has 0 atom stereocenters. The van der Waals surface area contributed by atoms with Crippen LogP contribution in [-0.2, 0) is 26.5 Å². The molecule has 3 aromatic carbocycles. The Hall–Kier alpha value is -4.22. The van der Waals surface area contributed by atoms with E-state index >= 15 is 0 Å². The van der Waals surface area contributed by atoms with Crippen molar-refractivity contribution in [1.82, 2.24) is 15.0 Å². The number of pyridine rings is 3. The van der Waals surface area contributed by atoms with Crippen LogP contribution >= 0.6 is 0 Å². The normalized spacial score (nSPS) is 15.0. The van der Waals surface area contributed by atoms with Gasteiger partial charge < -0.3 is 19.4 Å². The van der Waals surface area contributed by atoms with Crippen molar-refractivity contribution in [3.05, 3.63) is 132 Å². The first-order valence-corrected chi connectivity index (χ1v) is 23.0. The minimum Gasteiger partial charge on any atom is -0.483 e. The van der Waals surface area contributed by atoms with Gasteiger partial charge in [-0.15, -0.1) is 47.5 Å². The first kappa shape index (κ1) is 38.1. The number of hydrogen-bond donors (Lipinski definition) is 0. The fraction of sp³-hybridized carbons (Fsp3) is 0.312. The van der Waals surface area contributed by atoms with Crippen LogP contribution in [0.5, 0.6) is 0 Å². The fourth-order valence-corrected chi connectivity index (χ4v) is 10.1. The molecular weight excluding hydrogens is 855 g/mol. The zero-order valence-electron chi connectivity index (χ0n) is 31.9. The molecule has 2 fully saturated rings. The van der Waals surface area contributed by atoms with E-state index in [4.69, 9.17) is 14.4 Å². The summed E-state index contributed by atoms with van der Waals surface area (Å²) in [4.78, 5) is 14.1. The third-order valence-corrected chi connectivity index (χ3v) is 13.4. The van der Waals surface area contributed by atoms with Crippen LogP contribution in [0.3, 0.4) is 0 Å². The summed E-state index contributed by atoms with van der Waals surface area (Å²) in [5.74, 6) is 1.57. The summed E-state index contributed by atoms with van der Waals surface area (Å²) in [6.07, 6.45) is 19.4. The maximum atomic E-state index is 6.06. The molecular formula is C48H49IrN3OSi-2. The standard InChI is InChI=1S/C29H25N2O.C19H24NSi.Ir/c1-19-14-26(30-17-22(19)15-20-8-5-6-9-20)23-16-25-28-24(21-10-3-2-4-11-21)12-7-13-27(28)32-29(25)31-18-23;1-21(2,3)19-14-20-18(16-11-5-4-6-12-16)13-17(19)15-9-7-8-10-15;/h2-4,7,10-14,16-17,20H,5-6,8-9,15H2,1H3;4-6,11,13-15H,7-10H2,1-3H3;/q2*-1;. The van der Waals surface area contributed by atoms with Crippen molar-refractivity contribution in [2.75, 3.05) is 0 Å². The molecule has 4 aromatic heterocycles. The smallest absolute Gasteiger partial charge is 0.141 e. The van der Waals surface area contributed by atoms with Crippen molar-refractivity contribution in [3.63, 3.8) is 0 Å². The average Bonchev–Trinajstić information content (AvgIpc) is 3.98. The van der Waals surface area contributed by atoms with Crippen LogP contribution in [0.2, 0.25) is 19.6 Å². The van der Waals surface area contributed by atoms with Crippen LogP contribution in [0, 0.1) is 25.1 Å². The SMILES string of the molecule is C[Si](C)(C)c1cnc(-c2[c-]cccc2)cc1C1CCCC1.Cc1cc(-c2[c-]nc3oc4cccc(-c5ccccc5)c4c3c2)ncc1CC1CCCC1.[Ir]. The molecule has 0 unspecified atom stereocenters. The van der Waals surface area contributed by atoms with Crippen LogP contribution in [0.1, 0.15) is 74.0 Å². The zero-order chi connectivity index (χ0) is 36.4. The second-order valence-corrected chi connectivity index (χ2v) is 21.2. The first-order chi connectivity index (χ1) is 25.8. The Morgan fingerprint density at radius 1 is 0.759 bits per heavy atom. The number of benzene rings is 3. The maximum absolute atomic E-state index is 6.06. The van der Waals surface area contributed by atoms with Gasteiger partial charge in [-0.2, -0.15) is 0 Å². The molecule has 2 aliphatic carbocycles. The molecule has 4 nitrogen and oxygen atoms in total. The zero-order valence-corrected chi connectivity index (χ0v) is 35.3. The molecule has 2 aliphatic rings. The number of nitrogens with zero attached hydrogens (tertiary/aromatic N) is 3. The number of rotatable bonds is 7. The molecule has 0 saturated heterocycles. The Bertz CT molecular complexity index is 2340. The Balaban J connectivity index is 0.000000178. The third-order valence-electron chi connectivity index (χ3n) is 11.4. The van der Waals surface area contributed by atoms with Crippen LogP contribution in [0.4, 0.5) is 0 Å². The summed E-state index contributed by atoms with van der Waals surface area (Å²) >= 11 is 0. The predicted octanol–water partition coefficient (Wildman–Crippen LogP) is 12.3. The third kappa shape index (κ3) is 8.22. The van der Waals surface area contributed by atoms with Crippen molar-refractivity contribution in [1.29, 1.82) is 0 Å². The van der Waals surface area contributed by atoms with E-state index in [9.17, 15) is 0 Å². The van der Waals surface area contributed by atoms with Crippen molar-refractivity contribution in [2.24, 2.45) is 5.92 Å². The van der Waals surface area contributed by atoms with Gasteiger partial charge in [-0.25, -0.2) is 0 Å². The molecule has 0 spiro atoms. The van der Waals surface area contributed by atoms with E-state index < -0.39 is 8.07 Å². The minimum atomic E-state index is -1.34. The summed E-state index contributed by atoms with van der Waals surface area (Å²) in [6.45, 7) is 9.48. The number of aryl methyl sites for hydroxylation is 1. The van der Waals surface area contributed by atoms with Crippen LogP contribution < -0.4 is 5.19 Å². The van der Waals surface area contributed by atoms with E-state index in [0.29, 0.717) is 5.71 Å². The van der Waals surface area contributed by atoms with Crippen molar-refractivity contribution >= 4 is 35.3 Å². The van der Waals surface area contributed by atoms with E-state index in [0.717, 1.165) is 62.7 Å². The molecule has 1 radical (unpaired) electrons. The summed E-state index contributed by atoms with van der Waals surface area (Å²) < 4.78 is 6.06. The Kier molecular flexibility index (Phi) is 11.7. The maximum Gasteiger partial charge on any atom is 0.141 e. The monoisotopic (exact) mass is 904 g/mol. The Morgan fingerprint density at radius 3 is 2.20 bits per heavy atom. The predicted molar refractivity (Wildman–Crippen MR) is 222 cm³/mol. The molecule has 6 heteroatoms. The molecule has 2 saturated carbocycles. The molecule has 9 rings (SSSR count). The van der Waals surface area contributed by atoms with Crippen molar-refractivity contribution < 1.29 is 24.5 Å². The van der Waals surface area contributed by atoms with Gasteiger partial charge in [0.2, 0.25) is 0 Å². The van der Waals surface area contributed by atoms with Crippen LogP contribution in [0.25, 0.3) is 55.7 Å². The molecule has 7 aromatic rings. The van der Waals surface area contributed by atoms with Gasteiger partial charge in [0.1, 0.15) is 11.3 Å². The molecule has 4 heterocycles. The van der Waals surface area contributed by atoms with Gasteiger partial charge in [0.25, 0.3) is 0 Å². The molecule has 277 valence electrons. The van der Waals surface area contributed by atoms with E-state index in [1.54, 1.807) is 10.8 Å². The summed E-state index contributed by atoms with van der Waals surface area (Å²) in [5, 5.41) is 3.64. The second-order valence-electron chi connectivity index (χ2n) is 16.2. The molecule has 0 aliphatic heterocycles. The number of aromatic nitrogens is 3. The first-order valence-electron chi connectivity index (χ1n) is 19.5. The van der Waals surface area contributed by atoms with E-state index in [2.05, 4.69) is 117 Å².